The maximum absolute atomic E-state index is 12.8. The van der Waals surface area contributed by atoms with Crippen molar-refractivity contribution in [1.29, 1.82) is 0 Å². The molecule has 2 aromatic rings. The number of nitrogens with zero attached hydrogens (tertiary/aromatic N) is 1. The molecule has 0 aliphatic carbocycles. The van der Waals surface area contributed by atoms with E-state index in [9.17, 15) is 4.39 Å². The number of rotatable bonds is 3. The maximum Gasteiger partial charge on any atom is 0.166 e. The van der Waals surface area contributed by atoms with E-state index in [1.165, 1.54) is 12.1 Å². The van der Waals surface area contributed by atoms with Crippen LogP contribution in [0.4, 0.5) is 4.39 Å². The lowest BCUT2D eigenvalue weighted by molar-refractivity contribution is 0.382. The molecule has 1 heterocycles. The molecule has 0 aliphatic heterocycles. The highest BCUT2D eigenvalue weighted by Gasteiger charge is 2.06. The molecule has 6 heteroatoms. The minimum Gasteiger partial charge on any atom is -0.366 e. The van der Waals surface area contributed by atoms with Gasteiger partial charge in [0.15, 0.2) is 10.9 Å². The van der Waals surface area contributed by atoms with Crippen molar-refractivity contribution < 1.29 is 8.91 Å². The normalized spacial score (nSPS) is 10.1. The van der Waals surface area contributed by atoms with Crippen LogP contribution < -0.4 is 10.6 Å². The zero-order valence-electron chi connectivity index (χ0n) is 9.74. The number of thiocarbonyl (C=S) groups is 1. The Morgan fingerprint density at radius 3 is 2.78 bits per heavy atom. The van der Waals surface area contributed by atoms with Crippen molar-refractivity contribution in [3.8, 4) is 11.3 Å². The Morgan fingerprint density at radius 1 is 1.39 bits per heavy atom. The molecular formula is C12H12FN3OS. The molecule has 0 spiro atoms. The summed E-state index contributed by atoms with van der Waals surface area (Å²) in [6.45, 7) is 0.452. The van der Waals surface area contributed by atoms with Crippen LogP contribution in [0.1, 0.15) is 5.76 Å². The minimum absolute atomic E-state index is 0.275. The summed E-state index contributed by atoms with van der Waals surface area (Å²) >= 11 is 4.94. The van der Waals surface area contributed by atoms with Crippen LogP contribution in [0.2, 0.25) is 0 Å². The summed E-state index contributed by atoms with van der Waals surface area (Å²) in [7, 11) is 1.74. The van der Waals surface area contributed by atoms with Crippen molar-refractivity contribution in [3.05, 3.63) is 41.9 Å². The van der Waals surface area contributed by atoms with Crippen LogP contribution in [-0.2, 0) is 6.54 Å². The Morgan fingerprint density at radius 2 is 2.11 bits per heavy atom. The SMILES string of the molecule is CNC(=S)NCc1cc(-c2ccc(F)cc2)no1. The van der Waals surface area contributed by atoms with E-state index in [-0.39, 0.29) is 5.82 Å². The Labute approximate surface area is 109 Å². The molecule has 0 unspecified atom stereocenters. The first-order valence-electron chi connectivity index (χ1n) is 5.36. The highest BCUT2D eigenvalue weighted by atomic mass is 32.1. The van der Waals surface area contributed by atoms with Gasteiger partial charge in [0, 0.05) is 18.7 Å². The van der Waals surface area contributed by atoms with E-state index >= 15 is 0 Å². The average Bonchev–Trinajstić information content (AvgIpc) is 2.85. The van der Waals surface area contributed by atoms with E-state index in [2.05, 4.69) is 15.8 Å². The van der Waals surface area contributed by atoms with Crippen molar-refractivity contribution in [3.63, 3.8) is 0 Å². The molecule has 2 rings (SSSR count). The Kier molecular flexibility index (Phi) is 3.88. The Bertz CT molecular complexity index is 539. The van der Waals surface area contributed by atoms with Gasteiger partial charge in [-0.25, -0.2) is 4.39 Å². The molecule has 1 aromatic carbocycles. The molecule has 2 N–H and O–H groups in total. The van der Waals surface area contributed by atoms with Gasteiger partial charge in [-0.3, -0.25) is 0 Å². The summed E-state index contributed by atoms with van der Waals surface area (Å²) in [5.41, 5.74) is 1.48. The summed E-state index contributed by atoms with van der Waals surface area (Å²) in [5.74, 6) is 0.385. The first kappa shape index (κ1) is 12.5. The first-order chi connectivity index (χ1) is 8.69. The molecule has 0 atom stereocenters. The maximum atomic E-state index is 12.8. The van der Waals surface area contributed by atoms with Crippen LogP contribution in [-0.4, -0.2) is 17.3 Å². The zero-order valence-corrected chi connectivity index (χ0v) is 10.6. The largest absolute Gasteiger partial charge is 0.366 e. The van der Waals surface area contributed by atoms with Gasteiger partial charge >= 0.3 is 0 Å². The summed E-state index contributed by atoms with van der Waals surface area (Å²) in [4.78, 5) is 0. The predicted octanol–water partition coefficient (Wildman–Crippen LogP) is 2.07. The van der Waals surface area contributed by atoms with Crippen LogP contribution >= 0.6 is 12.2 Å². The molecule has 0 fully saturated rings. The highest BCUT2D eigenvalue weighted by Crippen LogP contribution is 2.19. The van der Waals surface area contributed by atoms with Crippen LogP contribution in [0.25, 0.3) is 11.3 Å². The van der Waals surface area contributed by atoms with Crippen molar-refractivity contribution in [2.75, 3.05) is 7.05 Å². The molecule has 0 aliphatic rings. The van der Waals surface area contributed by atoms with Crippen molar-refractivity contribution in [2.45, 2.75) is 6.54 Å². The molecule has 18 heavy (non-hydrogen) atoms. The predicted molar refractivity (Wildman–Crippen MR) is 70.4 cm³/mol. The summed E-state index contributed by atoms with van der Waals surface area (Å²) in [5, 5.41) is 10.2. The number of halogens is 1. The molecule has 1 aromatic heterocycles. The van der Waals surface area contributed by atoms with Gasteiger partial charge in [0.1, 0.15) is 11.5 Å². The second kappa shape index (κ2) is 5.59. The lowest BCUT2D eigenvalue weighted by Gasteiger charge is -2.02. The van der Waals surface area contributed by atoms with Gasteiger partial charge in [0.2, 0.25) is 0 Å². The van der Waals surface area contributed by atoms with E-state index in [1.807, 2.05) is 0 Å². The number of aromatic nitrogens is 1. The van der Waals surface area contributed by atoms with E-state index in [0.29, 0.717) is 23.1 Å². The summed E-state index contributed by atoms with van der Waals surface area (Å²) in [6.07, 6.45) is 0. The fourth-order valence-corrected chi connectivity index (χ4v) is 1.48. The molecule has 0 saturated heterocycles. The van der Waals surface area contributed by atoms with Crippen LogP contribution in [0.3, 0.4) is 0 Å². The number of hydrogen-bond acceptors (Lipinski definition) is 3. The third-order valence-electron chi connectivity index (χ3n) is 2.35. The van der Waals surface area contributed by atoms with Gasteiger partial charge in [-0.2, -0.15) is 0 Å². The number of nitrogens with one attached hydrogen (secondary N) is 2. The quantitative estimate of drug-likeness (QED) is 0.832. The van der Waals surface area contributed by atoms with Gasteiger partial charge in [0.05, 0.1) is 6.54 Å². The number of benzene rings is 1. The Hall–Kier alpha value is -1.95. The van der Waals surface area contributed by atoms with E-state index in [0.717, 1.165) is 5.56 Å². The second-order valence-corrected chi connectivity index (χ2v) is 4.03. The topological polar surface area (TPSA) is 50.1 Å². The summed E-state index contributed by atoms with van der Waals surface area (Å²) < 4.78 is 17.9. The van der Waals surface area contributed by atoms with Crippen molar-refractivity contribution in [1.82, 2.24) is 15.8 Å². The molecular weight excluding hydrogens is 253 g/mol. The van der Waals surface area contributed by atoms with E-state index in [4.69, 9.17) is 16.7 Å². The lowest BCUT2D eigenvalue weighted by atomic mass is 10.1. The molecule has 4 nitrogen and oxygen atoms in total. The standard InChI is InChI=1S/C12H12FN3OS/c1-14-12(18)15-7-10-6-11(16-17-10)8-2-4-9(13)5-3-8/h2-6H,7H2,1H3,(H2,14,15,18). The van der Waals surface area contributed by atoms with Crippen LogP contribution in [0.15, 0.2) is 34.9 Å². The molecule has 0 bridgehead atoms. The van der Waals surface area contributed by atoms with Gasteiger partial charge in [-0.05, 0) is 36.5 Å². The number of hydrogen-bond donors (Lipinski definition) is 2. The van der Waals surface area contributed by atoms with Gasteiger partial charge in [-0.15, -0.1) is 0 Å². The van der Waals surface area contributed by atoms with Crippen molar-refractivity contribution in [2.24, 2.45) is 0 Å². The zero-order chi connectivity index (χ0) is 13.0. The third kappa shape index (κ3) is 3.04. The molecule has 0 radical (unpaired) electrons. The second-order valence-electron chi connectivity index (χ2n) is 3.62. The first-order valence-corrected chi connectivity index (χ1v) is 5.77. The lowest BCUT2D eigenvalue weighted by Crippen LogP contribution is -2.31. The van der Waals surface area contributed by atoms with E-state index in [1.54, 1.807) is 25.2 Å². The monoisotopic (exact) mass is 265 g/mol. The third-order valence-corrected chi connectivity index (χ3v) is 2.70. The van der Waals surface area contributed by atoms with E-state index < -0.39 is 0 Å². The van der Waals surface area contributed by atoms with Crippen LogP contribution in [0, 0.1) is 5.82 Å². The fraction of sp³-hybridized carbons (Fsp3) is 0.167. The van der Waals surface area contributed by atoms with Crippen LogP contribution in [0.5, 0.6) is 0 Å². The Balaban J connectivity index is 2.06. The molecule has 0 amide bonds. The van der Waals surface area contributed by atoms with Gasteiger partial charge in [0.25, 0.3) is 0 Å². The van der Waals surface area contributed by atoms with Gasteiger partial charge in [-0.1, -0.05) is 5.16 Å². The smallest absolute Gasteiger partial charge is 0.166 e. The molecule has 0 saturated carbocycles. The molecule has 94 valence electrons. The van der Waals surface area contributed by atoms with Crippen molar-refractivity contribution >= 4 is 17.3 Å². The minimum atomic E-state index is -0.275. The highest BCUT2D eigenvalue weighted by molar-refractivity contribution is 7.80. The van der Waals surface area contributed by atoms with Gasteiger partial charge < -0.3 is 15.2 Å². The summed E-state index contributed by atoms with van der Waals surface area (Å²) in [6, 6.07) is 7.87. The fourth-order valence-electron chi connectivity index (χ4n) is 1.41. The average molecular weight is 265 g/mol.